The molecule has 0 atom stereocenters. The molecule has 4 nitrogen and oxygen atoms in total. The van der Waals surface area contributed by atoms with Crippen LogP contribution in [0.25, 0.3) is 0 Å². The van der Waals surface area contributed by atoms with Crippen molar-refractivity contribution in [3.05, 3.63) is 29.8 Å². The van der Waals surface area contributed by atoms with Gasteiger partial charge in [-0.05, 0) is 18.6 Å². The maximum absolute atomic E-state index is 12.3. The Balaban J connectivity index is 3.26. The van der Waals surface area contributed by atoms with Gasteiger partial charge in [0.25, 0.3) is 0 Å². The zero-order chi connectivity index (χ0) is 12.9. The first-order valence-electron chi connectivity index (χ1n) is 5.57. The standard InChI is InChI=1S/C12H16N2O2S/c1-3-9-14(4-2)17(15,16)12-8-6-5-7-11(12)10-13/h5-8H,3-4,9H2,1-2H3. The molecule has 0 saturated heterocycles. The molecule has 1 rings (SSSR count). The molecule has 0 aliphatic heterocycles. The molecule has 0 aromatic heterocycles. The third-order valence-electron chi connectivity index (χ3n) is 2.45. The molecular weight excluding hydrogens is 236 g/mol. The van der Waals surface area contributed by atoms with E-state index in [-0.39, 0.29) is 10.5 Å². The molecule has 0 spiro atoms. The first kappa shape index (κ1) is 13.7. The normalized spacial score (nSPS) is 11.4. The highest BCUT2D eigenvalue weighted by Crippen LogP contribution is 2.19. The van der Waals surface area contributed by atoms with Crippen molar-refractivity contribution in [2.24, 2.45) is 0 Å². The van der Waals surface area contributed by atoms with Crippen LogP contribution < -0.4 is 0 Å². The van der Waals surface area contributed by atoms with Crippen molar-refractivity contribution in [3.8, 4) is 6.07 Å². The van der Waals surface area contributed by atoms with E-state index in [4.69, 9.17) is 5.26 Å². The monoisotopic (exact) mass is 252 g/mol. The van der Waals surface area contributed by atoms with Crippen LogP contribution in [0.4, 0.5) is 0 Å². The number of benzene rings is 1. The molecule has 0 bridgehead atoms. The quantitative estimate of drug-likeness (QED) is 0.805. The van der Waals surface area contributed by atoms with Gasteiger partial charge in [-0.25, -0.2) is 8.42 Å². The van der Waals surface area contributed by atoms with E-state index in [9.17, 15) is 8.42 Å². The topological polar surface area (TPSA) is 61.2 Å². The average molecular weight is 252 g/mol. The summed E-state index contributed by atoms with van der Waals surface area (Å²) >= 11 is 0. The van der Waals surface area contributed by atoms with Gasteiger partial charge in [0.2, 0.25) is 10.0 Å². The Hall–Kier alpha value is -1.38. The van der Waals surface area contributed by atoms with E-state index in [0.717, 1.165) is 6.42 Å². The predicted molar refractivity (Wildman–Crippen MR) is 65.9 cm³/mol. The highest BCUT2D eigenvalue weighted by molar-refractivity contribution is 7.89. The van der Waals surface area contributed by atoms with Gasteiger partial charge in [-0.3, -0.25) is 0 Å². The van der Waals surface area contributed by atoms with Crippen LogP contribution in [0.1, 0.15) is 25.8 Å². The van der Waals surface area contributed by atoms with Crippen LogP contribution in [0.2, 0.25) is 0 Å². The smallest absolute Gasteiger partial charge is 0.207 e. The van der Waals surface area contributed by atoms with Gasteiger partial charge in [0, 0.05) is 13.1 Å². The van der Waals surface area contributed by atoms with Gasteiger partial charge in [-0.1, -0.05) is 26.0 Å². The predicted octanol–water partition coefficient (Wildman–Crippen LogP) is 1.98. The third-order valence-corrected chi connectivity index (χ3v) is 4.48. The van der Waals surface area contributed by atoms with Crippen LogP contribution in [-0.4, -0.2) is 25.8 Å². The fraction of sp³-hybridized carbons (Fsp3) is 0.417. The number of sulfonamides is 1. The zero-order valence-corrected chi connectivity index (χ0v) is 10.9. The van der Waals surface area contributed by atoms with E-state index in [1.807, 2.05) is 13.0 Å². The molecule has 92 valence electrons. The molecule has 0 saturated carbocycles. The second-order valence-electron chi connectivity index (χ2n) is 3.60. The lowest BCUT2D eigenvalue weighted by Crippen LogP contribution is -2.32. The van der Waals surface area contributed by atoms with Gasteiger partial charge in [-0.2, -0.15) is 9.57 Å². The largest absolute Gasteiger partial charge is 0.244 e. The van der Waals surface area contributed by atoms with Crippen LogP contribution >= 0.6 is 0 Å². The van der Waals surface area contributed by atoms with E-state index < -0.39 is 10.0 Å². The number of nitrogens with zero attached hydrogens (tertiary/aromatic N) is 2. The Kier molecular flexibility index (Phi) is 4.67. The summed E-state index contributed by atoms with van der Waals surface area (Å²) in [5.41, 5.74) is 0.196. The van der Waals surface area contributed by atoms with E-state index in [0.29, 0.717) is 13.1 Å². The fourth-order valence-corrected chi connectivity index (χ4v) is 3.30. The van der Waals surface area contributed by atoms with Crippen LogP contribution in [0.5, 0.6) is 0 Å². The second kappa shape index (κ2) is 5.80. The summed E-state index contributed by atoms with van der Waals surface area (Å²) in [7, 11) is -3.55. The maximum Gasteiger partial charge on any atom is 0.244 e. The molecule has 1 aromatic carbocycles. The van der Waals surface area contributed by atoms with Gasteiger partial charge in [0.15, 0.2) is 0 Å². The van der Waals surface area contributed by atoms with Crippen LogP contribution in [-0.2, 0) is 10.0 Å². The van der Waals surface area contributed by atoms with Gasteiger partial charge in [0.05, 0.1) is 10.5 Å². The molecule has 0 heterocycles. The van der Waals surface area contributed by atoms with Crippen molar-refractivity contribution < 1.29 is 8.42 Å². The Morgan fingerprint density at radius 3 is 2.47 bits per heavy atom. The molecule has 0 radical (unpaired) electrons. The van der Waals surface area contributed by atoms with E-state index in [1.165, 1.54) is 16.4 Å². The summed E-state index contributed by atoms with van der Waals surface area (Å²) in [4.78, 5) is 0.0952. The lowest BCUT2D eigenvalue weighted by atomic mass is 10.2. The molecule has 0 aliphatic carbocycles. The molecule has 0 fully saturated rings. The molecule has 17 heavy (non-hydrogen) atoms. The molecule has 1 aromatic rings. The average Bonchev–Trinajstić information content (AvgIpc) is 2.35. The van der Waals surface area contributed by atoms with Crippen LogP contribution in [0.3, 0.4) is 0 Å². The Labute approximate surface area is 103 Å². The van der Waals surface area contributed by atoms with Crippen molar-refractivity contribution >= 4 is 10.0 Å². The number of hydrogen-bond acceptors (Lipinski definition) is 3. The van der Waals surface area contributed by atoms with Gasteiger partial charge in [0.1, 0.15) is 6.07 Å². The van der Waals surface area contributed by atoms with Gasteiger partial charge < -0.3 is 0 Å². The fourth-order valence-electron chi connectivity index (χ4n) is 1.62. The van der Waals surface area contributed by atoms with Crippen LogP contribution in [0, 0.1) is 11.3 Å². The molecular formula is C12H16N2O2S. The van der Waals surface area contributed by atoms with Crippen molar-refractivity contribution in [3.63, 3.8) is 0 Å². The number of rotatable bonds is 5. The first-order chi connectivity index (χ1) is 8.07. The summed E-state index contributed by atoms with van der Waals surface area (Å²) in [5, 5.41) is 8.93. The van der Waals surface area contributed by atoms with Gasteiger partial charge >= 0.3 is 0 Å². The van der Waals surface area contributed by atoms with E-state index >= 15 is 0 Å². The van der Waals surface area contributed by atoms with E-state index in [1.54, 1.807) is 19.1 Å². The minimum absolute atomic E-state index is 0.0952. The first-order valence-corrected chi connectivity index (χ1v) is 7.01. The number of hydrogen-bond donors (Lipinski definition) is 0. The molecule has 0 N–H and O–H groups in total. The van der Waals surface area contributed by atoms with Crippen LogP contribution in [0.15, 0.2) is 29.2 Å². The second-order valence-corrected chi connectivity index (χ2v) is 5.51. The minimum Gasteiger partial charge on any atom is -0.207 e. The summed E-state index contributed by atoms with van der Waals surface area (Å²) in [6, 6.07) is 8.21. The van der Waals surface area contributed by atoms with Gasteiger partial charge in [-0.15, -0.1) is 0 Å². The molecule has 5 heteroatoms. The SMILES string of the molecule is CCCN(CC)S(=O)(=O)c1ccccc1C#N. The van der Waals surface area contributed by atoms with Crippen molar-refractivity contribution in [2.45, 2.75) is 25.2 Å². The zero-order valence-electron chi connectivity index (χ0n) is 10.0. The lowest BCUT2D eigenvalue weighted by molar-refractivity contribution is 0.427. The highest BCUT2D eigenvalue weighted by Gasteiger charge is 2.24. The summed E-state index contributed by atoms with van der Waals surface area (Å²) < 4.78 is 26.0. The summed E-state index contributed by atoms with van der Waals surface area (Å²) in [6.07, 6.45) is 0.752. The molecule has 0 aliphatic rings. The van der Waals surface area contributed by atoms with Crippen molar-refractivity contribution in [1.82, 2.24) is 4.31 Å². The third kappa shape index (κ3) is 2.84. The summed E-state index contributed by atoms with van der Waals surface area (Å²) in [5.74, 6) is 0. The Morgan fingerprint density at radius 1 is 1.29 bits per heavy atom. The summed E-state index contributed by atoms with van der Waals surface area (Å²) in [6.45, 7) is 4.60. The molecule has 0 unspecified atom stereocenters. The number of nitriles is 1. The van der Waals surface area contributed by atoms with Crippen molar-refractivity contribution in [2.75, 3.05) is 13.1 Å². The Morgan fingerprint density at radius 2 is 1.94 bits per heavy atom. The Bertz CT molecular complexity index is 518. The maximum atomic E-state index is 12.3. The lowest BCUT2D eigenvalue weighted by Gasteiger charge is -2.20. The molecule has 0 amide bonds. The van der Waals surface area contributed by atoms with Crippen molar-refractivity contribution in [1.29, 1.82) is 5.26 Å². The van der Waals surface area contributed by atoms with E-state index in [2.05, 4.69) is 0 Å². The minimum atomic E-state index is -3.55. The highest BCUT2D eigenvalue weighted by atomic mass is 32.2.